The van der Waals surface area contributed by atoms with Gasteiger partial charge in [-0.3, -0.25) is 5.32 Å². The van der Waals surface area contributed by atoms with Crippen molar-refractivity contribution in [3.8, 4) is 0 Å². The van der Waals surface area contributed by atoms with E-state index in [9.17, 15) is 9.18 Å². The van der Waals surface area contributed by atoms with Crippen LogP contribution in [0.25, 0.3) is 0 Å². The molecule has 0 spiro atoms. The Kier molecular flexibility index (Phi) is 6.23. The van der Waals surface area contributed by atoms with Crippen molar-refractivity contribution in [1.29, 1.82) is 0 Å². The molecule has 5 nitrogen and oxygen atoms in total. The van der Waals surface area contributed by atoms with Gasteiger partial charge in [0.1, 0.15) is 16.7 Å². The van der Waals surface area contributed by atoms with E-state index in [4.69, 9.17) is 10.5 Å². The van der Waals surface area contributed by atoms with Crippen LogP contribution in [0.15, 0.2) is 39.8 Å². The number of nitrogens with one attached hydrogen (secondary N) is 1. The molecule has 0 aliphatic carbocycles. The van der Waals surface area contributed by atoms with Crippen molar-refractivity contribution in [3.05, 3.63) is 46.2 Å². The summed E-state index contributed by atoms with van der Waals surface area (Å²) >= 11 is 4.86. The molecule has 122 valence electrons. The summed E-state index contributed by atoms with van der Waals surface area (Å²) in [6.07, 6.45) is -0.584. The van der Waals surface area contributed by atoms with E-state index in [0.29, 0.717) is 20.9 Å². The number of anilines is 2. The SMILES string of the molecule is CCOC(=O)Nc1cc(Br)c(SCc2ccc(F)cc2)nc1N. The van der Waals surface area contributed by atoms with Gasteiger partial charge in [0, 0.05) is 5.75 Å². The summed E-state index contributed by atoms with van der Waals surface area (Å²) in [6.45, 7) is 1.98. The van der Waals surface area contributed by atoms with Crippen molar-refractivity contribution in [2.75, 3.05) is 17.7 Å². The van der Waals surface area contributed by atoms with Crippen molar-refractivity contribution in [2.45, 2.75) is 17.7 Å². The van der Waals surface area contributed by atoms with Crippen LogP contribution in [0.3, 0.4) is 0 Å². The Bertz CT molecular complexity index is 698. The van der Waals surface area contributed by atoms with Crippen LogP contribution in [0, 0.1) is 5.82 Å². The van der Waals surface area contributed by atoms with E-state index in [2.05, 4.69) is 26.2 Å². The second-order valence-electron chi connectivity index (χ2n) is 4.47. The number of halogens is 2. The number of carbonyl (C=O) groups excluding carboxylic acids is 1. The maximum absolute atomic E-state index is 12.9. The standard InChI is InChI=1S/C15H15BrFN3O2S/c1-2-22-15(21)19-12-7-11(16)14(20-13(12)18)23-8-9-3-5-10(17)6-4-9/h3-7H,2,8H2,1H3,(H2,18,20)(H,19,21). The normalized spacial score (nSPS) is 10.4. The highest BCUT2D eigenvalue weighted by molar-refractivity contribution is 9.10. The second kappa shape index (κ2) is 8.16. The molecule has 2 rings (SSSR count). The van der Waals surface area contributed by atoms with E-state index in [0.717, 1.165) is 5.56 Å². The predicted molar refractivity (Wildman–Crippen MR) is 93.0 cm³/mol. The van der Waals surface area contributed by atoms with Crippen LogP contribution < -0.4 is 11.1 Å². The van der Waals surface area contributed by atoms with Gasteiger partial charge in [-0.05, 0) is 46.6 Å². The lowest BCUT2D eigenvalue weighted by Gasteiger charge is -2.11. The highest BCUT2D eigenvalue weighted by atomic mass is 79.9. The van der Waals surface area contributed by atoms with Gasteiger partial charge < -0.3 is 10.5 Å². The first-order chi connectivity index (χ1) is 11.0. The molecule has 2 aromatic rings. The van der Waals surface area contributed by atoms with E-state index >= 15 is 0 Å². The summed E-state index contributed by atoms with van der Waals surface area (Å²) < 4.78 is 18.4. The van der Waals surface area contributed by atoms with Crippen LogP contribution in [0.2, 0.25) is 0 Å². The minimum atomic E-state index is -0.584. The molecule has 1 heterocycles. The van der Waals surface area contributed by atoms with Gasteiger partial charge in [0.05, 0.1) is 16.8 Å². The molecule has 0 bridgehead atoms. The molecule has 1 amide bonds. The van der Waals surface area contributed by atoms with Gasteiger partial charge in [0.15, 0.2) is 0 Å². The zero-order valence-corrected chi connectivity index (χ0v) is 14.7. The number of thioether (sulfide) groups is 1. The lowest BCUT2D eigenvalue weighted by molar-refractivity contribution is 0.168. The van der Waals surface area contributed by atoms with E-state index in [-0.39, 0.29) is 18.2 Å². The average Bonchev–Trinajstić information content (AvgIpc) is 2.51. The van der Waals surface area contributed by atoms with Crippen molar-refractivity contribution < 1.29 is 13.9 Å². The van der Waals surface area contributed by atoms with Crippen LogP contribution in [0.5, 0.6) is 0 Å². The Labute approximate surface area is 145 Å². The fourth-order valence-corrected chi connectivity index (χ4v) is 3.21. The van der Waals surface area contributed by atoms with Crippen molar-refractivity contribution in [2.24, 2.45) is 0 Å². The number of rotatable bonds is 5. The molecule has 0 aliphatic heterocycles. The third kappa shape index (κ3) is 5.11. The van der Waals surface area contributed by atoms with E-state index in [1.807, 2.05) is 0 Å². The molecule has 1 aromatic carbocycles. The lowest BCUT2D eigenvalue weighted by Crippen LogP contribution is -2.15. The predicted octanol–water partition coefficient (Wildman–Crippen LogP) is 4.43. The molecular formula is C15H15BrFN3O2S. The van der Waals surface area contributed by atoms with Crippen LogP contribution in [-0.2, 0) is 10.5 Å². The Hall–Kier alpha value is -1.80. The molecule has 1 aromatic heterocycles. The average molecular weight is 400 g/mol. The van der Waals surface area contributed by atoms with Gasteiger partial charge in [-0.25, -0.2) is 14.2 Å². The quantitative estimate of drug-likeness (QED) is 0.727. The van der Waals surface area contributed by atoms with Gasteiger partial charge >= 0.3 is 6.09 Å². The highest BCUT2D eigenvalue weighted by Crippen LogP contribution is 2.33. The third-order valence-corrected chi connectivity index (χ3v) is 4.70. The van der Waals surface area contributed by atoms with Crippen molar-refractivity contribution in [1.82, 2.24) is 4.98 Å². The fraction of sp³-hybridized carbons (Fsp3) is 0.200. The summed E-state index contributed by atoms with van der Waals surface area (Å²) in [5.74, 6) is 0.551. The molecule has 0 saturated carbocycles. The minimum Gasteiger partial charge on any atom is -0.450 e. The minimum absolute atomic E-state index is 0.197. The number of nitrogens with two attached hydrogens (primary N) is 1. The molecule has 3 N–H and O–H groups in total. The zero-order chi connectivity index (χ0) is 16.8. The number of nitrogens with zero attached hydrogens (tertiary/aromatic N) is 1. The van der Waals surface area contributed by atoms with Gasteiger partial charge in [-0.1, -0.05) is 12.1 Å². The van der Waals surface area contributed by atoms with Gasteiger partial charge in [-0.15, -0.1) is 11.8 Å². The number of amides is 1. The molecule has 23 heavy (non-hydrogen) atoms. The Morgan fingerprint density at radius 1 is 1.43 bits per heavy atom. The first kappa shape index (κ1) is 17.6. The fourth-order valence-electron chi connectivity index (χ4n) is 1.70. The molecule has 0 radical (unpaired) electrons. The molecule has 0 aliphatic rings. The second-order valence-corrected chi connectivity index (χ2v) is 6.29. The Morgan fingerprint density at radius 2 is 2.13 bits per heavy atom. The summed E-state index contributed by atoms with van der Waals surface area (Å²) in [6, 6.07) is 7.94. The number of ether oxygens (including phenoxy) is 1. The van der Waals surface area contributed by atoms with E-state index < -0.39 is 6.09 Å². The molecule has 0 atom stereocenters. The monoisotopic (exact) mass is 399 g/mol. The number of hydrogen-bond acceptors (Lipinski definition) is 5. The van der Waals surface area contributed by atoms with Gasteiger partial charge in [0.25, 0.3) is 0 Å². The smallest absolute Gasteiger partial charge is 0.411 e. The summed E-state index contributed by atoms with van der Waals surface area (Å²) in [7, 11) is 0. The molecule has 0 unspecified atom stereocenters. The number of benzene rings is 1. The Morgan fingerprint density at radius 3 is 2.78 bits per heavy atom. The number of nitrogen functional groups attached to an aromatic ring is 1. The molecule has 8 heteroatoms. The van der Waals surface area contributed by atoms with Crippen molar-refractivity contribution in [3.63, 3.8) is 0 Å². The number of carbonyl (C=O) groups is 1. The number of aromatic nitrogens is 1. The van der Waals surface area contributed by atoms with Crippen LogP contribution in [0.1, 0.15) is 12.5 Å². The van der Waals surface area contributed by atoms with E-state index in [1.54, 1.807) is 25.1 Å². The first-order valence-corrected chi connectivity index (χ1v) is 8.54. The summed E-state index contributed by atoms with van der Waals surface area (Å²) in [5, 5.41) is 3.21. The van der Waals surface area contributed by atoms with E-state index in [1.165, 1.54) is 23.9 Å². The maximum atomic E-state index is 12.9. The third-order valence-electron chi connectivity index (χ3n) is 2.77. The Balaban J connectivity index is 2.07. The van der Waals surface area contributed by atoms with Gasteiger partial charge in [0.2, 0.25) is 0 Å². The largest absolute Gasteiger partial charge is 0.450 e. The van der Waals surface area contributed by atoms with Crippen LogP contribution in [0.4, 0.5) is 20.7 Å². The first-order valence-electron chi connectivity index (χ1n) is 6.76. The number of pyridine rings is 1. The lowest BCUT2D eigenvalue weighted by atomic mass is 10.2. The maximum Gasteiger partial charge on any atom is 0.411 e. The summed E-state index contributed by atoms with van der Waals surface area (Å²) in [5.41, 5.74) is 7.20. The van der Waals surface area contributed by atoms with Crippen LogP contribution >= 0.6 is 27.7 Å². The molecule has 0 saturated heterocycles. The number of hydrogen-bond donors (Lipinski definition) is 2. The highest BCUT2D eigenvalue weighted by Gasteiger charge is 2.12. The molecular weight excluding hydrogens is 385 g/mol. The van der Waals surface area contributed by atoms with Crippen molar-refractivity contribution >= 4 is 45.3 Å². The van der Waals surface area contributed by atoms with Gasteiger partial charge in [-0.2, -0.15) is 0 Å². The van der Waals surface area contributed by atoms with Crippen LogP contribution in [-0.4, -0.2) is 17.7 Å². The molecule has 0 fully saturated rings. The summed E-state index contributed by atoms with van der Waals surface area (Å²) in [4.78, 5) is 15.7. The topological polar surface area (TPSA) is 77.2 Å². The zero-order valence-electron chi connectivity index (χ0n) is 12.3.